The van der Waals surface area contributed by atoms with Gasteiger partial charge in [-0.05, 0) is 37.4 Å². The molecule has 1 N–H and O–H groups in total. The number of rotatable bonds is 3. The minimum atomic E-state index is 0.641. The van der Waals surface area contributed by atoms with Crippen molar-refractivity contribution >= 4 is 10.9 Å². The van der Waals surface area contributed by atoms with Gasteiger partial charge >= 0.3 is 0 Å². The van der Waals surface area contributed by atoms with Gasteiger partial charge in [0, 0.05) is 24.7 Å². The van der Waals surface area contributed by atoms with Crippen molar-refractivity contribution in [3.05, 3.63) is 30.0 Å². The smallest absolute Gasteiger partial charge is 0.143 e. The first-order valence-electron chi connectivity index (χ1n) is 6.64. The fraction of sp³-hybridized carbons (Fsp3) is 0.467. The van der Waals surface area contributed by atoms with Gasteiger partial charge in [-0.15, -0.1) is 0 Å². The van der Waals surface area contributed by atoms with E-state index in [1.54, 1.807) is 7.11 Å². The average molecular weight is 244 g/mol. The third-order valence-corrected chi connectivity index (χ3v) is 3.90. The second kappa shape index (κ2) is 4.65. The Kier molecular flexibility index (Phi) is 3.00. The first kappa shape index (κ1) is 11.6. The Balaban J connectivity index is 2.02. The number of aryl methyl sites for hydroxylation is 1. The van der Waals surface area contributed by atoms with E-state index in [4.69, 9.17) is 4.74 Å². The van der Waals surface area contributed by atoms with E-state index in [0.717, 1.165) is 12.2 Å². The number of hydrogen-bond acceptors (Lipinski definition) is 2. The number of fused-ring (bicyclic) bond motifs is 1. The van der Waals surface area contributed by atoms with Crippen LogP contribution in [0.1, 0.15) is 18.4 Å². The normalized spacial score (nSPS) is 19.6. The average Bonchev–Trinajstić information content (AvgIpc) is 2.99. The number of benzene rings is 1. The fourth-order valence-electron chi connectivity index (χ4n) is 3.04. The summed E-state index contributed by atoms with van der Waals surface area (Å²) in [7, 11) is 3.83. The Morgan fingerprint density at radius 2 is 2.33 bits per heavy atom. The van der Waals surface area contributed by atoms with Crippen LogP contribution in [0.2, 0.25) is 0 Å². The van der Waals surface area contributed by atoms with Crippen LogP contribution in [0.4, 0.5) is 0 Å². The molecule has 3 heteroatoms. The van der Waals surface area contributed by atoms with Gasteiger partial charge in [0.1, 0.15) is 5.75 Å². The maximum absolute atomic E-state index is 5.46. The van der Waals surface area contributed by atoms with E-state index in [1.807, 2.05) is 6.07 Å². The van der Waals surface area contributed by atoms with E-state index >= 15 is 0 Å². The maximum Gasteiger partial charge on any atom is 0.143 e. The van der Waals surface area contributed by atoms with Crippen LogP contribution < -0.4 is 10.1 Å². The van der Waals surface area contributed by atoms with Crippen molar-refractivity contribution in [2.24, 2.45) is 7.05 Å². The van der Waals surface area contributed by atoms with Crippen molar-refractivity contribution in [1.29, 1.82) is 0 Å². The fourth-order valence-corrected chi connectivity index (χ4v) is 3.04. The first-order chi connectivity index (χ1) is 8.79. The van der Waals surface area contributed by atoms with E-state index in [2.05, 4.69) is 35.3 Å². The molecule has 1 saturated heterocycles. The zero-order chi connectivity index (χ0) is 12.5. The third kappa shape index (κ3) is 1.89. The Bertz CT molecular complexity index is 553. The molecule has 0 spiro atoms. The molecule has 3 nitrogen and oxygen atoms in total. The molecule has 2 aromatic rings. The van der Waals surface area contributed by atoms with E-state index in [1.165, 1.54) is 35.9 Å². The Labute approximate surface area is 108 Å². The van der Waals surface area contributed by atoms with Gasteiger partial charge in [-0.25, -0.2) is 0 Å². The molecule has 2 heterocycles. The highest BCUT2D eigenvalue weighted by Crippen LogP contribution is 2.30. The van der Waals surface area contributed by atoms with E-state index in [-0.39, 0.29) is 0 Å². The highest BCUT2D eigenvalue weighted by Gasteiger charge is 2.18. The largest absolute Gasteiger partial charge is 0.495 e. The summed E-state index contributed by atoms with van der Waals surface area (Å²) in [6, 6.07) is 6.94. The van der Waals surface area contributed by atoms with Crippen molar-refractivity contribution in [2.75, 3.05) is 13.7 Å². The lowest BCUT2D eigenvalue weighted by atomic mass is 10.0. The summed E-state index contributed by atoms with van der Waals surface area (Å²) in [5, 5.41) is 4.89. The van der Waals surface area contributed by atoms with Gasteiger partial charge in [-0.3, -0.25) is 0 Å². The standard InChI is InChI=1S/C15H20N2O/c1-17-10-11(9-12-5-4-8-16-12)13-6-3-7-14(18-2)15(13)17/h3,6-7,10,12,16H,4-5,8-9H2,1-2H3. The molecule has 1 atom stereocenters. The van der Waals surface area contributed by atoms with Gasteiger partial charge in [-0.2, -0.15) is 0 Å². The van der Waals surface area contributed by atoms with Crippen molar-refractivity contribution in [2.45, 2.75) is 25.3 Å². The SMILES string of the molecule is COc1cccc2c(CC3CCCN3)cn(C)c12. The Morgan fingerprint density at radius 1 is 1.44 bits per heavy atom. The quantitative estimate of drug-likeness (QED) is 0.897. The molecule has 96 valence electrons. The monoisotopic (exact) mass is 244 g/mol. The lowest BCUT2D eigenvalue weighted by molar-refractivity contribution is 0.418. The second-order valence-electron chi connectivity index (χ2n) is 5.12. The van der Waals surface area contributed by atoms with Gasteiger partial charge in [-0.1, -0.05) is 12.1 Å². The summed E-state index contributed by atoms with van der Waals surface area (Å²) in [4.78, 5) is 0. The van der Waals surface area contributed by atoms with Crippen LogP contribution in [0.15, 0.2) is 24.4 Å². The molecule has 1 unspecified atom stereocenters. The topological polar surface area (TPSA) is 26.2 Å². The van der Waals surface area contributed by atoms with Crippen LogP contribution in [-0.4, -0.2) is 24.3 Å². The number of methoxy groups -OCH3 is 1. The number of nitrogens with one attached hydrogen (secondary N) is 1. The summed E-state index contributed by atoms with van der Waals surface area (Å²) < 4.78 is 7.63. The molecule has 0 radical (unpaired) electrons. The first-order valence-corrected chi connectivity index (χ1v) is 6.64. The minimum Gasteiger partial charge on any atom is -0.495 e. The second-order valence-corrected chi connectivity index (χ2v) is 5.12. The maximum atomic E-state index is 5.46. The molecule has 3 rings (SSSR count). The Morgan fingerprint density at radius 3 is 3.06 bits per heavy atom. The lowest BCUT2D eigenvalue weighted by Crippen LogP contribution is -2.23. The van der Waals surface area contributed by atoms with E-state index in [0.29, 0.717) is 6.04 Å². The van der Waals surface area contributed by atoms with Gasteiger partial charge in [0.25, 0.3) is 0 Å². The minimum absolute atomic E-state index is 0.641. The molecule has 0 amide bonds. The molecule has 1 aliphatic rings. The van der Waals surface area contributed by atoms with Crippen molar-refractivity contribution in [1.82, 2.24) is 9.88 Å². The number of ether oxygens (including phenoxy) is 1. The van der Waals surface area contributed by atoms with Gasteiger partial charge in [0.05, 0.1) is 12.6 Å². The van der Waals surface area contributed by atoms with E-state index in [9.17, 15) is 0 Å². The van der Waals surface area contributed by atoms with Gasteiger partial charge < -0.3 is 14.6 Å². The molecular formula is C15H20N2O. The third-order valence-electron chi connectivity index (χ3n) is 3.90. The molecule has 0 saturated carbocycles. The van der Waals surface area contributed by atoms with Crippen molar-refractivity contribution < 1.29 is 4.74 Å². The number of para-hydroxylation sites is 1. The van der Waals surface area contributed by atoms with Crippen LogP contribution >= 0.6 is 0 Å². The summed E-state index contributed by atoms with van der Waals surface area (Å²) in [6.07, 6.45) is 5.96. The van der Waals surface area contributed by atoms with Gasteiger partial charge in [0.2, 0.25) is 0 Å². The zero-order valence-electron chi connectivity index (χ0n) is 11.1. The summed E-state index contributed by atoms with van der Waals surface area (Å²) in [5.74, 6) is 0.959. The summed E-state index contributed by atoms with van der Waals surface area (Å²) in [5.41, 5.74) is 2.62. The van der Waals surface area contributed by atoms with Crippen LogP contribution in [0, 0.1) is 0 Å². The number of hydrogen-bond donors (Lipinski definition) is 1. The van der Waals surface area contributed by atoms with Crippen molar-refractivity contribution in [3.8, 4) is 5.75 Å². The van der Waals surface area contributed by atoms with Crippen LogP contribution in [0.3, 0.4) is 0 Å². The van der Waals surface area contributed by atoms with E-state index < -0.39 is 0 Å². The van der Waals surface area contributed by atoms with Crippen LogP contribution in [0.25, 0.3) is 10.9 Å². The molecule has 1 aromatic heterocycles. The molecule has 18 heavy (non-hydrogen) atoms. The number of aromatic nitrogens is 1. The zero-order valence-corrected chi connectivity index (χ0v) is 11.1. The van der Waals surface area contributed by atoms with Crippen LogP contribution in [-0.2, 0) is 13.5 Å². The summed E-state index contributed by atoms with van der Waals surface area (Å²) >= 11 is 0. The predicted octanol–water partition coefficient (Wildman–Crippen LogP) is 2.48. The van der Waals surface area contributed by atoms with Crippen LogP contribution in [0.5, 0.6) is 5.75 Å². The highest BCUT2D eigenvalue weighted by molar-refractivity contribution is 5.89. The molecule has 1 fully saturated rings. The molecule has 0 aliphatic carbocycles. The molecule has 0 bridgehead atoms. The number of nitrogens with zero attached hydrogens (tertiary/aromatic N) is 1. The van der Waals surface area contributed by atoms with Gasteiger partial charge in [0.15, 0.2) is 0 Å². The van der Waals surface area contributed by atoms with Crippen molar-refractivity contribution in [3.63, 3.8) is 0 Å². The molecular weight excluding hydrogens is 224 g/mol. The predicted molar refractivity (Wildman–Crippen MR) is 74.2 cm³/mol. The lowest BCUT2D eigenvalue weighted by Gasteiger charge is -2.09. The molecule has 1 aromatic carbocycles. The Hall–Kier alpha value is -1.48. The molecule has 1 aliphatic heterocycles. The summed E-state index contributed by atoms with van der Waals surface area (Å²) in [6.45, 7) is 1.17. The highest BCUT2D eigenvalue weighted by atomic mass is 16.5.